The van der Waals surface area contributed by atoms with Crippen molar-refractivity contribution in [2.75, 3.05) is 6.54 Å². The van der Waals surface area contributed by atoms with E-state index in [4.69, 9.17) is 0 Å². The Kier molecular flexibility index (Phi) is 5.22. The maximum atomic E-state index is 11.0. The van der Waals surface area contributed by atoms with E-state index < -0.39 is 0 Å². The first kappa shape index (κ1) is 15.1. The molecule has 0 aliphatic carbocycles. The van der Waals surface area contributed by atoms with Gasteiger partial charge in [-0.1, -0.05) is 22.9 Å². The summed E-state index contributed by atoms with van der Waals surface area (Å²) in [6.07, 6.45) is 1.79. The number of hydrogen-bond acceptors (Lipinski definition) is 5. The zero-order valence-corrected chi connectivity index (χ0v) is 13.3. The number of hydrogen-bond donors (Lipinski definition) is 1. The average molecular weight is 356 g/mol. The predicted molar refractivity (Wildman–Crippen MR) is 83.0 cm³/mol. The monoisotopic (exact) mass is 355 g/mol. The summed E-state index contributed by atoms with van der Waals surface area (Å²) < 4.78 is 0.712. The molecular weight excluding hydrogens is 342 g/mol. The highest BCUT2D eigenvalue weighted by molar-refractivity contribution is 9.10. The first-order chi connectivity index (χ1) is 9.58. The van der Waals surface area contributed by atoms with Crippen molar-refractivity contribution >= 4 is 33.0 Å². The molecule has 7 heteroatoms. The van der Waals surface area contributed by atoms with Crippen LogP contribution in [-0.4, -0.2) is 16.5 Å². The van der Waals surface area contributed by atoms with Gasteiger partial charge in [0.15, 0.2) is 0 Å². The summed E-state index contributed by atoms with van der Waals surface area (Å²) in [5.41, 5.74) is 0.818. The molecule has 0 bridgehead atoms. The van der Waals surface area contributed by atoms with Crippen LogP contribution in [0.3, 0.4) is 0 Å². The van der Waals surface area contributed by atoms with Crippen molar-refractivity contribution in [2.24, 2.45) is 0 Å². The van der Waals surface area contributed by atoms with Crippen LogP contribution in [0.5, 0.6) is 0 Å². The SMILES string of the molecule is CC(CNCc1ccc(Br)cc1[N+](=O)[O-])c1nccs1. The Labute approximate surface area is 129 Å². The van der Waals surface area contributed by atoms with Crippen molar-refractivity contribution in [1.82, 2.24) is 10.3 Å². The third kappa shape index (κ3) is 3.84. The summed E-state index contributed by atoms with van der Waals surface area (Å²) in [6, 6.07) is 5.11. The molecule has 0 amide bonds. The lowest BCUT2D eigenvalue weighted by molar-refractivity contribution is -0.385. The Morgan fingerprint density at radius 2 is 2.35 bits per heavy atom. The second-order valence-corrected chi connectivity index (χ2v) is 6.27. The fourth-order valence-electron chi connectivity index (χ4n) is 1.84. The number of nitrogens with zero attached hydrogens (tertiary/aromatic N) is 2. The van der Waals surface area contributed by atoms with E-state index in [0.717, 1.165) is 11.6 Å². The fourth-order valence-corrected chi connectivity index (χ4v) is 2.89. The highest BCUT2D eigenvalue weighted by Gasteiger charge is 2.14. The standard InChI is InChI=1S/C13H14BrN3O2S/c1-9(13-16-4-5-20-13)7-15-8-10-2-3-11(14)6-12(10)17(18)19/h2-6,9,15H,7-8H2,1H3. The van der Waals surface area contributed by atoms with E-state index in [0.29, 0.717) is 22.5 Å². The van der Waals surface area contributed by atoms with Crippen LogP contribution in [0.2, 0.25) is 0 Å². The molecule has 0 saturated carbocycles. The van der Waals surface area contributed by atoms with Gasteiger partial charge in [0.1, 0.15) is 0 Å². The number of nitrogens with one attached hydrogen (secondary N) is 1. The van der Waals surface area contributed by atoms with Crippen molar-refractivity contribution in [2.45, 2.75) is 19.4 Å². The molecule has 20 heavy (non-hydrogen) atoms. The van der Waals surface area contributed by atoms with E-state index in [2.05, 4.69) is 33.2 Å². The van der Waals surface area contributed by atoms with Gasteiger partial charge < -0.3 is 5.32 Å². The molecule has 1 heterocycles. The lowest BCUT2D eigenvalue weighted by Gasteiger charge is -2.10. The first-order valence-electron chi connectivity index (χ1n) is 6.11. The van der Waals surface area contributed by atoms with E-state index in [1.165, 1.54) is 6.07 Å². The second kappa shape index (κ2) is 6.92. The van der Waals surface area contributed by atoms with Gasteiger partial charge in [-0.15, -0.1) is 11.3 Å². The predicted octanol–water partition coefficient (Wildman–Crippen LogP) is 3.71. The molecule has 1 unspecified atom stereocenters. The van der Waals surface area contributed by atoms with Gasteiger partial charge in [-0.3, -0.25) is 10.1 Å². The number of benzene rings is 1. The van der Waals surface area contributed by atoms with Crippen molar-refractivity contribution in [3.05, 3.63) is 54.9 Å². The molecule has 2 aromatic rings. The van der Waals surface area contributed by atoms with Gasteiger partial charge in [0.2, 0.25) is 0 Å². The lowest BCUT2D eigenvalue weighted by Crippen LogP contribution is -2.20. The van der Waals surface area contributed by atoms with E-state index in [1.54, 1.807) is 23.6 Å². The summed E-state index contributed by atoms with van der Waals surface area (Å²) in [5, 5.41) is 17.3. The summed E-state index contributed by atoms with van der Waals surface area (Å²) in [6.45, 7) is 3.29. The Morgan fingerprint density at radius 1 is 1.55 bits per heavy atom. The summed E-state index contributed by atoms with van der Waals surface area (Å²) >= 11 is 4.87. The van der Waals surface area contributed by atoms with Gasteiger partial charge in [-0.25, -0.2) is 4.98 Å². The number of nitro groups is 1. The van der Waals surface area contributed by atoms with E-state index in [1.807, 2.05) is 11.4 Å². The molecule has 1 atom stereocenters. The van der Waals surface area contributed by atoms with E-state index in [9.17, 15) is 10.1 Å². The smallest absolute Gasteiger partial charge is 0.275 e. The molecule has 0 saturated heterocycles. The molecular formula is C13H14BrN3O2S. The zero-order chi connectivity index (χ0) is 14.5. The largest absolute Gasteiger partial charge is 0.312 e. The number of rotatable bonds is 6. The van der Waals surface area contributed by atoms with Crippen molar-refractivity contribution in [3.63, 3.8) is 0 Å². The maximum absolute atomic E-state index is 11.0. The van der Waals surface area contributed by atoms with Gasteiger partial charge in [0, 0.05) is 46.7 Å². The molecule has 2 rings (SSSR count). The zero-order valence-electron chi connectivity index (χ0n) is 10.9. The Balaban J connectivity index is 1.96. The van der Waals surface area contributed by atoms with Crippen LogP contribution in [0, 0.1) is 10.1 Å². The maximum Gasteiger partial charge on any atom is 0.275 e. The molecule has 106 valence electrons. The van der Waals surface area contributed by atoms with Gasteiger partial charge in [0.05, 0.1) is 9.93 Å². The highest BCUT2D eigenvalue weighted by atomic mass is 79.9. The van der Waals surface area contributed by atoms with Crippen molar-refractivity contribution in [1.29, 1.82) is 0 Å². The Hall–Kier alpha value is -1.31. The van der Waals surface area contributed by atoms with Crippen LogP contribution in [0.15, 0.2) is 34.2 Å². The molecule has 0 spiro atoms. The Bertz CT molecular complexity index is 589. The second-order valence-electron chi connectivity index (χ2n) is 4.43. The first-order valence-corrected chi connectivity index (χ1v) is 7.78. The molecule has 0 radical (unpaired) electrons. The third-order valence-corrected chi connectivity index (χ3v) is 4.38. The number of thiazole rings is 1. The topological polar surface area (TPSA) is 68.1 Å². The fraction of sp³-hybridized carbons (Fsp3) is 0.308. The molecule has 0 fully saturated rings. The molecule has 0 aliphatic rings. The van der Waals surface area contributed by atoms with Crippen LogP contribution in [0.25, 0.3) is 0 Å². The van der Waals surface area contributed by atoms with Gasteiger partial charge in [0.25, 0.3) is 5.69 Å². The van der Waals surface area contributed by atoms with Crippen molar-refractivity contribution in [3.8, 4) is 0 Å². The molecule has 0 aliphatic heterocycles. The lowest BCUT2D eigenvalue weighted by atomic mass is 10.1. The van der Waals surface area contributed by atoms with Crippen LogP contribution in [0.4, 0.5) is 5.69 Å². The Morgan fingerprint density at radius 3 is 3.00 bits per heavy atom. The van der Waals surface area contributed by atoms with Crippen LogP contribution in [0.1, 0.15) is 23.4 Å². The minimum Gasteiger partial charge on any atom is -0.312 e. The molecule has 1 N–H and O–H groups in total. The third-order valence-electron chi connectivity index (χ3n) is 2.88. The van der Waals surface area contributed by atoms with Gasteiger partial charge in [-0.05, 0) is 12.1 Å². The van der Waals surface area contributed by atoms with Crippen molar-refractivity contribution < 1.29 is 4.92 Å². The van der Waals surface area contributed by atoms with Crippen LogP contribution in [-0.2, 0) is 6.54 Å². The summed E-state index contributed by atoms with van der Waals surface area (Å²) in [5.74, 6) is 0.296. The van der Waals surface area contributed by atoms with E-state index in [-0.39, 0.29) is 10.6 Å². The van der Waals surface area contributed by atoms with E-state index >= 15 is 0 Å². The molecule has 1 aromatic heterocycles. The molecule has 5 nitrogen and oxygen atoms in total. The summed E-state index contributed by atoms with van der Waals surface area (Å²) in [4.78, 5) is 14.9. The normalized spacial score (nSPS) is 12.3. The molecule has 1 aromatic carbocycles. The number of aromatic nitrogens is 1. The number of nitro benzene ring substituents is 1. The number of halogens is 1. The quantitative estimate of drug-likeness (QED) is 0.633. The van der Waals surface area contributed by atoms with Gasteiger partial charge >= 0.3 is 0 Å². The average Bonchev–Trinajstić information content (AvgIpc) is 2.94. The highest BCUT2D eigenvalue weighted by Crippen LogP contribution is 2.23. The minimum absolute atomic E-state index is 0.133. The van der Waals surface area contributed by atoms with Crippen LogP contribution < -0.4 is 5.32 Å². The van der Waals surface area contributed by atoms with Crippen LogP contribution >= 0.6 is 27.3 Å². The summed E-state index contributed by atoms with van der Waals surface area (Å²) in [7, 11) is 0. The van der Waals surface area contributed by atoms with Gasteiger partial charge in [-0.2, -0.15) is 0 Å². The minimum atomic E-state index is -0.355.